The van der Waals surface area contributed by atoms with E-state index in [1.807, 2.05) is 0 Å². The van der Waals surface area contributed by atoms with Gasteiger partial charge in [0.25, 0.3) is 0 Å². The highest BCUT2D eigenvalue weighted by Crippen LogP contribution is 2.29. The van der Waals surface area contributed by atoms with E-state index in [2.05, 4.69) is 0 Å². The maximum atomic E-state index is 10.4. The van der Waals surface area contributed by atoms with Crippen LogP contribution in [-0.4, -0.2) is 157 Å². The minimum absolute atomic E-state index is 0.322. The fourth-order valence-corrected chi connectivity index (χ4v) is 3.66. The van der Waals surface area contributed by atoms with Gasteiger partial charge in [0.2, 0.25) is 0 Å². The molecule has 0 amide bonds. The Balaban J connectivity index is 1.57. The van der Waals surface area contributed by atoms with E-state index in [1.54, 1.807) is 0 Å². The van der Waals surface area contributed by atoms with Crippen molar-refractivity contribution in [3.8, 4) is 0 Å². The first-order valence-corrected chi connectivity index (χ1v) is 9.99. The summed E-state index contributed by atoms with van der Waals surface area (Å²) in [6, 6.07) is 0. The molecule has 0 saturated carbocycles. The molecule has 3 rings (SSSR count). The zero-order valence-electron chi connectivity index (χ0n) is 16.7. The maximum absolute atomic E-state index is 10.4. The maximum Gasteiger partial charge on any atom is 0.187 e. The molecule has 3 aliphatic rings. The van der Waals surface area contributed by atoms with E-state index in [9.17, 15) is 51.1 Å². The lowest BCUT2D eigenvalue weighted by atomic mass is 9.97. The number of rotatable bonds is 6. The molecule has 0 aliphatic carbocycles. The highest BCUT2D eigenvalue weighted by molar-refractivity contribution is 4.93. The molecule has 0 spiro atoms. The van der Waals surface area contributed by atoms with Crippen LogP contribution in [0.15, 0.2) is 0 Å². The zero-order chi connectivity index (χ0) is 23.7. The molecule has 3 heterocycles. The molecule has 15 heteroatoms. The van der Waals surface area contributed by atoms with E-state index in [0.29, 0.717) is 0 Å². The monoisotopic (exact) mass is 474 g/mol. The van der Waals surface area contributed by atoms with Gasteiger partial charge < -0.3 is 74.7 Å². The first-order valence-electron chi connectivity index (χ1n) is 9.99. The zero-order valence-corrected chi connectivity index (χ0v) is 16.7. The van der Waals surface area contributed by atoms with Crippen molar-refractivity contribution in [2.75, 3.05) is 19.8 Å². The molecule has 14 atom stereocenters. The van der Waals surface area contributed by atoms with Crippen LogP contribution in [0.5, 0.6) is 0 Å². The van der Waals surface area contributed by atoms with Gasteiger partial charge in [-0.25, -0.2) is 0 Å². The van der Waals surface area contributed by atoms with E-state index < -0.39 is 99.2 Å². The molecule has 3 aliphatic heterocycles. The van der Waals surface area contributed by atoms with Gasteiger partial charge in [-0.1, -0.05) is 0 Å². The van der Waals surface area contributed by atoms with Crippen LogP contribution in [0.4, 0.5) is 0 Å². The van der Waals surface area contributed by atoms with Crippen molar-refractivity contribution in [2.45, 2.75) is 86.0 Å². The van der Waals surface area contributed by atoms with Crippen molar-refractivity contribution in [1.29, 1.82) is 0 Å². The van der Waals surface area contributed by atoms with E-state index in [0.717, 1.165) is 0 Å². The molecule has 3 fully saturated rings. The molecule has 0 aromatic carbocycles. The lowest BCUT2D eigenvalue weighted by Crippen LogP contribution is -2.64. The van der Waals surface area contributed by atoms with Crippen LogP contribution in [0.25, 0.3) is 0 Å². The van der Waals surface area contributed by atoms with Crippen LogP contribution in [0, 0.1) is 0 Å². The predicted molar refractivity (Wildman–Crippen MR) is 95.2 cm³/mol. The van der Waals surface area contributed by atoms with Crippen LogP contribution < -0.4 is 0 Å². The minimum atomic E-state index is -1.88. The molecule has 10 N–H and O–H groups in total. The van der Waals surface area contributed by atoms with E-state index in [4.69, 9.17) is 23.7 Å². The van der Waals surface area contributed by atoms with Crippen LogP contribution in [0.2, 0.25) is 0 Å². The molecule has 3 saturated heterocycles. The lowest BCUT2D eigenvalue weighted by Gasteiger charge is -2.45. The van der Waals surface area contributed by atoms with Gasteiger partial charge >= 0.3 is 0 Å². The molecule has 0 radical (unpaired) electrons. The average Bonchev–Trinajstić information content (AvgIpc) is 2.77. The Bertz CT molecular complexity index is 594. The fraction of sp³-hybridized carbons (Fsp3) is 1.00. The second kappa shape index (κ2) is 10.8. The summed E-state index contributed by atoms with van der Waals surface area (Å²) in [7, 11) is 0. The standard InChI is InChI=1S/C17H30O15/c18-1-5-8(21)10(23)13(26)17(31-5)32-14-11(24)9(22)6(30-15(14)27)3-29-16-12(25)7(20)4(19)2-28-16/h4-27H,1-3H2/t4-,5-,6-,7+,8+,9-,10+,11+,12-,13-,14-,15-,16+,17+/m1/s1. The van der Waals surface area contributed by atoms with Crippen molar-refractivity contribution in [2.24, 2.45) is 0 Å². The second-order valence-corrected chi connectivity index (χ2v) is 7.93. The molecular weight excluding hydrogens is 444 g/mol. The van der Waals surface area contributed by atoms with Gasteiger partial charge in [-0.05, 0) is 0 Å². The predicted octanol–water partition coefficient (Wildman–Crippen LogP) is -6.93. The van der Waals surface area contributed by atoms with Crippen molar-refractivity contribution in [3.63, 3.8) is 0 Å². The molecule has 32 heavy (non-hydrogen) atoms. The summed E-state index contributed by atoms with van der Waals surface area (Å²) in [5.74, 6) is 0. The van der Waals surface area contributed by atoms with Gasteiger partial charge in [-0.15, -0.1) is 0 Å². The number of hydrogen-bond acceptors (Lipinski definition) is 15. The summed E-state index contributed by atoms with van der Waals surface area (Å²) in [4.78, 5) is 0. The second-order valence-electron chi connectivity index (χ2n) is 7.93. The number of aliphatic hydroxyl groups is 10. The quantitative estimate of drug-likeness (QED) is 0.172. The Labute approximate surface area is 181 Å². The highest BCUT2D eigenvalue weighted by Gasteiger charge is 2.50. The van der Waals surface area contributed by atoms with Gasteiger partial charge in [0, 0.05) is 0 Å². The highest BCUT2D eigenvalue weighted by atomic mass is 16.7. The molecule has 0 bridgehead atoms. The summed E-state index contributed by atoms with van der Waals surface area (Å²) in [5, 5.41) is 98.7. The van der Waals surface area contributed by atoms with Crippen LogP contribution in [0.1, 0.15) is 0 Å². The molecule has 0 aromatic heterocycles. The normalized spacial score (nSPS) is 52.7. The largest absolute Gasteiger partial charge is 0.394 e. The van der Waals surface area contributed by atoms with Crippen LogP contribution >= 0.6 is 0 Å². The lowest BCUT2D eigenvalue weighted by molar-refractivity contribution is -0.365. The summed E-state index contributed by atoms with van der Waals surface area (Å²) >= 11 is 0. The van der Waals surface area contributed by atoms with Crippen molar-refractivity contribution >= 4 is 0 Å². The Kier molecular flexibility index (Phi) is 8.75. The molecular formula is C17H30O15. The smallest absolute Gasteiger partial charge is 0.187 e. The summed E-state index contributed by atoms with van der Waals surface area (Å²) in [6.45, 7) is -1.55. The third kappa shape index (κ3) is 5.22. The first kappa shape index (κ1) is 26.0. The Morgan fingerprint density at radius 3 is 1.94 bits per heavy atom. The fourth-order valence-electron chi connectivity index (χ4n) is 3.66. The Morgan fingerprint density at radius 1 is 0.656 bits per heavy atom. The van der Waals surface area contributed by atoms with Gasteiger partial charge in [-0.2, -0.15) is 0 Å². The minimum Gasteiger partial charge on any atom is -0.394 e. The molecule has 0 aromatic rings. The SMILES string of the molecule is OC[C@H]1O[C@@H](O[C@@H]2[C@@H](O)[C@H](O)[C@@H](CO[C@@H]3OC[C@@H](O)[C@H](O)[C@H]3O)O[C@H]2O)[C@H](O)[C@@H](O)[C@H]1O. The van der Waals surface area contributed by atoms with Gasteiger partial charge in [0.05, 0.1) is 19.8 Å². The molecule has 15 nitrogen and oxygen atoms in total. The van der Waals surface area contributed by atoms with Gasteiger partial charge in [0.15, 0.2) is 18.9 Å². The molecule has 188 valence electrons. The summed E-state index contributed by atoms with van der Waals surface area (Å²) in [5.41, 5.74) is 0. The number of ether oxygens (including phenoxy) is 5. The summed E-state index contributed by atoms with van der Waals surface area (Å²) < 4.78 is 25.9. The topological polar surface area (TPSA) is 248 Å². The van der Waals surface area contributed by atoms with E-state index in [1.165, 1.54) is 0 Å². The number of aliphatic hydroxyl groups excluding tert-OH is 10. The third-order valence-corrected chi connectivity index (χ3v) is 5.68. The summed E-state index contributed by atoms with van der Waals surface area (Å²) in [6.07, 6.45) is -22.4. The number of hydrogen-bond donors (Lipinski definition) is 10. The van der Waals surface area contributed by atoms with Crippen LogP contribution in [-0.2, 0) is 23.7 Å². The van der Waals surface area contributed by atoms with E-state index in [-0.39, 0.29) is 6.61 Å². The Hall–Kier alpha value is -0.600. The van der Waals surface area contributed by atoms with Crippen molar-refractivity contribution < 1.29 is 74.7 Å². The van der Waals surface area contributed by atoms with Crippen molar-refractivity contribution in [3.05, 3.63) is 0 Å². The van der Waals surface area contributed by atoms with Gasteiger partial charge in [0.1, 0.15) is 67.1 Å². The van der Waals surface area contributed by atoms with E-state index >= 15 is 0 Å². The average molecular weight is 474 g/mol. The first-order chi connectivity index (χ1) is 15.1. The third-order valence-electron chi connectivity index (χ3n) is 5.68. The van der Waals surface area contributed by atoms with Crippen molar-refractivity contribution in [1.82, 2.24) is 0 Å². The van der Waals surface area contributed by atoms with Gasteiger partial charge in [-0.3, -0.25) is 0 Å². The van der Waals surface area contributed by atoms with Crippen LogP contribution in [0.3, 0.4) is 0 Å². The molecule has 0 unspecified atom stereocenters. The Morgan fingerprint density at radius 2 is 1.28 bits per heavy atom.